The summed E-state index contributed by atoms with van der Waals surface area (Å²) in [7, 11) is 1.58. The minimum atomic E-state index is -0.672. The number of hydrogen-bond donors (Lipinski definition) is 5. The van der Waals surface area contributed by atoms with E-state index in [4.69, 9.17) is 5.73 Å². The summed E-state index contributed by atoms with van der Waals surface area (Å²) >= 11 is 2.08. The fourth-order valence-corrected chi connectivity index (χ4v) is 4.31. The van der Waals surface area contributed by atoms with Gasteiger partial charge < -0.3 is 26.8 Å². The topological polar surface area (TPSA) is 142 Å². The first-order chi connectivity index (χ1) is 14.8. The van der Waals surface area contributed by atoms with Gasteiger partial charge in [0.1, 0.15) is 5.82 Å². The standard InChI is InChI=1S/C21H27IN6O3/c1-3-16-19(25-11-4-7-13(29)8-5-11)28-20(17(27-16)18(23)30)26-12-6-9-14(15(22)10-12)21(31)24-2/h6,9-11,13,29H,3-5,7-8H2,1-2H3,(H2,23,30)(H,24,31)(H2,25,26,28). The Bertz CT molecular complexity index is 976. The molecule has 1 fully saturated rings. The molecule has 1 aromatic carbocycles. The van der Waals surface area contributed by atoms with Crippen molar-refractivity contribution in [2.45, 2.75) is 51.2 Å². The van der Waals surface area contributed by atoms with Gasteiger partial charge in [-0.25, -0.2) is 9.97 Å². The molecule has 166 valence electrons. The maximum Gasteiger partial charge on any atom is 0.271 e. The molecule has 1 heterocycles. The molecule has 3 rings (SSSR count). The van der Waals surface area contributed by atoms with Crippen molar-refractivity contribution in [1.29, 1.82) is 0 Å². The van der Waals surface area contributed by atoms with Crippen LogP contribution < -0.4 is 21.7 Å². The van der Waals surface area contributed by atoms with Gasteiger partial charge in [-0.3, -0.25) is 9.59 Å². The summed E-state index contributed by atoms with van der Waals surface area (Å²) in [5, 5.41) is 18.9. The molecule has 0 spiro atoms. The monoisotopic (exact) mass is 538 g/mol. The maximum absolute atomic E-state index is 12.0. The lowest BCUT2D eigenvalue weighted by Crippen LogP contribution is -2.29. The van der Waals surface area contributed by atoms with Crippen molar-refractivity contribution in [2.75, 3.05) is 17.7 Å². The van der Waals surface area contributed by atoms with Crippen molar-refractivity contribution in [3.8, 4) is 0 Å². The van der Waals surface area contributed by atoms with E-state index in [0.717, 1.165) is 29.3 Å². The summed E-state index contributed by atoms with van der Waals surface area (Å²) < 4.78 is 0.750. The highest BCUT2D eigenvalue weighted by Gasteiger charge is 2.23. The molecule has 9 nitrogen and oxygen atoms in total. The normalized spacial score (nSPS) is 18.3. The highest BCUT2D eigenvalue weighted by atomic mass is 127. The third-order valence-electron chi connectivity index (χ3n) is 5.28. The summed E-state index contributed by atoms with van der Waals surface area (Å²) in [5.41, 5.74) is 7.50. The number of aryl methyl sites for hydroxylation is 1. The van der Waals surface area contributed by atoms with Gasteiger partial charge in [0.2, 0.25) is 0 Å². The van der Waals surface area contributed by atoms with Crippen molar-refractivity contribution < 1.29 is 14.7 Å². The van der Waals surface area contributed by atoms with Gasteiger partial charge in [-0.15, -0.1) is 0 Å². The summed E-state index contributed by atoms with van der Waals surface area (Å²) in [4.78, 5) is 33.1. The van der Waals surface area contributed by atoms with Gasteiger partial charge in [-0.05, 0) is 72.9 Å². The number of aromatic nitrogens is 2. The van der Waals surface area contributed by atoms with Crippen LogP contribution in [0.3, 0.4) is 0 Å². The van der Waals surface area contributed by atoms with Gasteiger partial charge in [0, 0.05) is 22.3 Å². The van der Waals surface area contributed by atoms with E-state index < -0.39 is 5.91 Å². The van der Waals surface area contributed by atoms with E-state index in [1.165, 1.54) is 0 Å². The number of primary amides is 1. The van der Waals surface area contributed by atoms with Crippen LogP contribution in [0.4, 0.5) is 17.3 Å². The van der Waals surface area contributed by atoms with Crippen LogP contribution in [0.15, 0.2) is 18.2 Å². The SMILES string of the molecule is CCc1nc(C(N)=O)c(Nc2ccc(C(=O)NC)c(I)c2)nc1NC1CCC(O)CC1. The summed E-state index contributed by atoms with van der Waals surface area (Å²) in [6, 6.07) is 5.42. The van der Waals surface area contributed by atoms with E-state index in [2.05, 4.69) is 48.5 Å². The molecule has 1 aliphatic rings. The Balaban J connectivity index is 1.91. The number of halogens is 1. The minimum Gasteiger partial charge on any atom is -0.393 e. The van der Waals surface area contributed by atoms with Gasteiger partial charge in [0.05, 0.1) is 17.4 Å². The van der Waals surface area contributed by atoms with Crippen molar-refractivity contribution in [1.82, 2.24) is 15.3 Å². The third-order valence-corrected chi connectivity index (χ3v) is 6.17. The predicted molar refractivity (Wildman–Crippen MR) is 128 cm³/mol. The number of benzene rings is 1. The molecule has 6 N–H and O–H groups in total. The van der Waals surface area contributed by atoms with Crippen LogP contribution in [-0.2, 0) is 6.42 Å². The quantitative estimate of drug-likeness (QED) is 0.341. The van der Waals surface area contributed by atoms with Crippen molar-refractivity contribution in [3.05, 3.63) is 38.7 Å². The average Bonchev–Trinajstić information content (AvgIpc) is 2.75. The molecule has 0 radical (unpaired) electrons. The second kappa shape index (κ2) is 10.2. The average molecular weight is 538 g/mol. The van der Waals surface area contributed by atoms with E-state index in [0.29, 0.717) is 29.2 Å². The first-order valence-corrected chi connectivity index (χ1v) is 11.3. The zero-order chi connectivity index (χ0) is 22.5. The second-order valence-corrected chi connectivity index (χ2v) is 8.64. The fraction of sp³-hybridized carbons (Fsp3) is 0.429. The number of nitrogens with zero attached hydrogens (tertiary/aromatic N) is 2. The van der Waals surface area contributed by atoms with Crippen LogP contribution in [0.1, 0.15) is 59.1 Å². The molecule has 2 aromatic rings. The van der Waals surface area contributed by atoms with Gasteiger partial charge in [-0.1, -0.05) is 6.92 Å². The number of anilines is 3. The molecule has 1 aromatic heterocycles. The Morgan fingerprint density at radius 3 is 2.48 bits per heavy atom. The lowest BCUT2D eigenvalue weighted by Gasteiger charge is -2.27. The van der Waals surface area contributed by atoms with Gasteiger partial charge >= 0.3 is 0 Å². The smallest absolute Gasteiger partial charge is 0.271 e. The zero-order valence-corrected chi connectivity index (χ0v) is 19.7. The molecular formula is C21H27IN6O3. The fourth-order valence-electron chi connectivity index (χ4n) is 3.55. The zero-order valence-electron chi connectivity index (χ0n) is 17.5. The minimum absolute atomic E-state index is 0.0619. The molecule has 0 unspecified atom stereocenters. The Kier molecular flexibility index (Phi) is 7.65. The molecule has 0 atom stereocenters. The molecule has 10 heteroatoms. The van der Waals surface area contributed by atoms with Crippen LogP contribution in [0.2, 0.25) is 0 Å². The van der Waals surface area contributed by atoms with E-state index in [1.54, 1.807) is 25.2 Å². The number of carbonyl (C=O) groups excluding carboxylic acids is 2. The Morgan fingerprint density at radius 2 is 1.90 bits per heavy atom. The Hall–Kier alpha value is -2.47. The molecule has 31 heavy (non-hydrogen) atoms. The number of hydrogen-bond acceptors (Lipinski definition) is 7. The number of rotatable bonds is 7. The highest BCUT2D eigenvalue weighted by Crippen LogP contribution is 2.27. The number of aliphatic hydroxyl groups is 1. The van der Waals surface area contributed by atoms with Crippen molar-refractivity contribution >= 4 is 51.7 Å². The van der Waals surface area contributed by atoms with Crippen LogP contribution in [0.25, 0.3) is 0 Å². The molecule has 0 bridgehead atoms. The molecule has 0 aliphatic heterocycles. The number of amides is 2. The van der Waals surface area contributed by atoms with E-state index in [-0.39, 0.29) is 29.6 Å². The van der Waals surface area contributed by atoms with Crippen molar-refractivity contribution in [2.24, 2.45) is 5.73 Å². The first-order valence-electron chi connectivity index (χ1n) is 10.3. The molecular weight excluding hydrogens is 511 g/mol. The number of nitrogens with two attached hydrogens (primary N) is 1. The lowest BCUT2D eigenvalue weighted by atomic mass is 9.93. The van der Waals surface area contributed by atoms with Gasteiger partial charge in [0.25, 0.3) is 11.8 Å². The van der Waals surface area contributed by atoms with E-state index in [1.807, 2.05) is 6.92 Å². The third kappa shape index (κ3) is 5.62. The predicted octanol–water partition coefficient (Wildman–Crippen LogP) is 2.56. The summed E-state index contributed by atoms with van der Waals surface area (Å²) in [6.07, 6.45) is 3.51. The lowest BCUT2D eigenvalue weighted by molar-refractivity contribution is 0.0960. The number of nitrogens with one attached hydrogen (secondary N) is 3. The van der Waals surface area contributed by atoms with Gasteiger partial charge in [0.15, 0.2) is 11.5 Å². The van der Waals surface area contributed by atoms with E-state index in [9.17, 15) is 14.7 Å². The Morgan fingerprint density at radius 1 is 1.19 bits per heavy atom. The molecule has 2 amide bonds. The molecule has 1 aliphatic carbocycles. The van der Waals surface area contributed by atoms with Crippen LogP contribution >= 0.6 is 22.6 Å². The number of carbonyl (C=O) groups is 2. The van der Waals surface area contributed by atoms with E-state index >= 15 is 0 Å². The highest BCUT2D eigenvalue weighted by molar-refractivity contribution is 14.1. The number of aliphatic hydroxyl groups excluding tert-OH is 1. The van der Waals surface area contributed by atoms with Gasteiger partial charge in [-0.2, -0.15) is 0 Å². The maximum atomic E-state index is 12.0. The molecule has 1 saturated carbocycles. The van der Waals surface area contributed by atoms with Crippen LogP contribution in [0.5, 0.6) is 0 Å². The van der Waals surface area contributed by atoms with Crippen LogP contribution in [0, 0.1) is 3.57 Å². The first kappa shape index (κ1) is 23.2. The largest absolute Gasteiger partial charge is 0.393 e. The van der Waals surface area contributed by atoms with Crippen molar-refractivity contribution in [3.63, 3.8) is 0 Å². The molecule has 0 saturated heterocycles. The Labute approximate surface area is 194 Å². The van der Waals surface area contributed by atoms with Crippen LogP contribution in [-0.4, -0.2) is 46.1 Å². The summed E-state index contributed by atoms with van der Waals surface area (Å²) in [6.45, 7) is 1.94. The summed E-state index contributed by atoms with van der Waals surface area (Å²) in [5.74, 6) is 0.0123. The second-order valence-electron chi connectivity index (χ2n) is 7.48.